The molecule has 0 amide bonds. The molecular formula is C19H30N2O2S. The lowest BCUT2D eigenvalue weighted by atomic mass is 9.74. The van der Waals surface area contributed by atoms with E-state index in [1.54, 1.807) is 0 Å². The molecule has 24 heavy (non-hydrogen) atoms. The van der Waals surface area contributed by atoms with Crippen LogP contribution in [0.4, 0.5) is 0 Å². The second-order valence-electron chi connectivity index (χ2n) is 6.78. The van der Waals surface area contributed by atoms with Crippen molar-refractivity contribution in [3.05, 3.63) is 29.8 Å². The second kappa shape index (κ2) is 9.09. The first-order valence-corrected chi connectivity index (χ1v) is 10.3. The fraction of sp³-hybridized carbons (Fsp3) is 0.684. The summed E-state index contributed by atoms with van der Waals surface area (Å²) in [7, 11) is 0. The van der Waals surface area contributed by atoms with Crippen molar-refractivity contribution >= 4 is 11.8 Å². The Morgan fingerprint density at radius 3 is 2.50 bits per heavy atom. The summed E-state index contributed by atoms with van der Waals surface area (Å²) in [5, 5.41) is 0. The second-order valence-corrected chi connectivity index (χ2v) is 8.00. The van der Waals surface area contributed by atoms with Gasteiger partial charge in [-0.1, -0.05) is 12.1 Å². The number of nitrogens with zero attached hydrogens (tertiary/aromatic N) is 1. The van der Waals surface area contributed by atoms with Gasteiger partial charge in [-0.3, -0.25) is 0 Å². The highest BCUT2D eigenvalue weighted by atomic mass is 32.2. The third kappa shape index (κ3) is 4.66. The summed E-state index contributed by atoms with van der Waals surface area (Å²) in [5.41, 5.74) is 7.50. The van der Waals surface area contributed by atoms with E-state index >= 15 is 0 Å². The van der Waals surface area contributed by atoms with E-state index in [1.165, 1.54) is 30.2 Å². The quantitative estimate of drug-likeness (QED) is 0.766. The number of rotatable bonds is 7. The molecule has 2 fully saturated rings. The van der Waals surface area contributed by atoms with Gasteiger partial charge in [-0.15, -0.1) is 0 Å². The Labute approximate surface area is 150 Å². The van der Waals surface area contributed by atoms with Gasteiger partial charge < -0.3 is 20.1 Å². The van der Waals surface area contributed by atoms with Crippen LogP contribution in [0.5, 0.6) is 5.75 Å². The Kier molecular flexibility index (Phi) is 6.84. The van der Waals surface area contributed by atoms with Crippen LogP contribution in [0.3, 0.4) is 0 Å². The first-order chi connectivity index (χ1) is 11.8. The largest absolute Gasteiger partial charge is 0.494 e. The summed E-state index contributed by atoms with van der Waals surface area (Å²) in [6, 6.07) is 8.57. The first-order valence-electron chi connectivity index (χ1n) is 9.14. The number of benzene rings is 1. The molecule has 1 aromatic rings. The molecule has 0 atom stereocenters. The van der Waals surface area contributed by atoms with Crippen LogP contribution in [0, 0.1) is 0 Å². The van der Waals surface area contributed by atoms with Crippen molar-refractivity contribution in [2.45, 2.75) is 24.7 Å². The highest BCUT2D eigenvalue weighted by Gasteiger charge is 2.32. The maximum Gasteiger partial charge on any atom is 0.119 e. The molecule has 0 radical (unpaired) electrons. The van der Waals surface area contributed by atoms with E-state index in [0.717, 1.165) is 51.4 Å². The normalized spacial score (nSPS) is 21.5. The summed E-state index contributed by atoms with van der Waals surface area (Å²) in [6.45, 7) is 6.70. The van der Waals surface area contributed by atoms with Gasteiger partial charge in [0.2, 0.25) is 0 Å². The van der Waals surface area contributed by atoms with E-state index in [1.807, 2.05) is 0 Å². The molecule has 0 aliphatic carbocycles. The van der Waals surface area contributed by atoms with Crippen molar-refractivity contribution in [1.82, 2.24) is 4.90 Å². The summed E-state index contributed by atoms with van der Waals surface area (Å²) in [5.74, 6) is 3.51. The fourth-order valence-corrected chi connectivity index (χ4v) is 4.56. The zero-order valence-electron chi connectivity index (χ0n) is 14.5. The van der Waals surface area contributed by atoms with Gasteiger partial charge >= 0.3 is 0 Å². The Hall–Kier alpha value is -0.750. The lowest BCUT2D eigenvalue weighted by molar-refractivity contribution is 0.0529. The zero-order valence-corrected chi connectivity index (χ0v) is 15.4. The summed E-state index contributed by atoms with van der Waals surface area (Å²) >= 11 is 2.06. The number of hydrogen-bond donors (Lipinski definition) is 1. The molecule has 3 rings (SSSR count). The molecule has 2 N–H and O–H groups in total. The SMILES string of the molecule is NCC1(c2ccc(OCCCN3CCSCC3)cc2)CCOCC1. The van der Waals surface area contributed by atoms with E-state index in [0.29, 0.717) is 6.54 Å². The molecule has 1 aromatic carbocycles. The van der Waals surface area contributed by atoms with Crippen LogP contribution in [-0.4, -0.2) is 62.4 Å². The monoisotopic (exact) mass is 350 g/mol. The van der Waals surface area contributed by atoms with E-state index in [-0.39, 0.29) is 5.41 Å². The minimum absolute atomic E-state index is 0.0864. The van der Waals surface area contributed by atoms with Crippen LogP contribution in [0.25, 0.3) is 0 Å². The topological polar surface area (TPSA) is 47.7 Å². The van der Waals surface area contributed by atoms with Gasteiger partial charge in [0.05, 0.1) is 6.61 Å². The molecule has 0 saturated carbocycles. The molecule has 0 bridgehead atoms. The third-order valence-corrected chi connectivity index (χ3v) is 6.24. The standard InChI is InChI=1S/C19H30N2O2S/c20-16-19(6-12-22-13-7-19)17-2-4-18(5-3-17)23-11-1-8-21-9-14-24-15-10-21/h2-5H,1,6-16,20H2. The maximum absolute atomic E-state index is 6.08. The highest BCUT2D eigenvalue weighted by Crippen LogP contribution is 2.34. The van der Waals surface area contributed by atoms with Crippen LogP contribution >= 0.6 is 11.8 Å². The predicted molar refractivity (Wildman–Crippen MR) is 101 cm³/mol. The van der Waals surface area contributed by atoms with E-state index in [2.05, 4.69) is 40.9 Å². The van der Waals surface area contributed by atoms with Crippen LogP contribution in [0.2, 0.25) is 0 Å². The molecule has 0 spiro atoms. The lowest BCUT2D eigenvalue weighted by Crippen LogP contribution is -2.40. The summed E-state index contributed by atoms with van der Waals surface area (Å²) < 4.78 is 11.4. The Bertz CT molecular complexity index is 483. The van der Waals surface area contributed by atoms with Gasteiger partial charge in [0.25, 0.3) is 0 Å². The lowest BCUT2D eigenvalue weighted by Gasteiger charge is -2.36. The van der Waals surface area contributed by atoms with Crippen molar-refractivity contribution < 1.29 is 9.47 Å². The Morgan fingerprint density at radius 2 is 1.83 bits per heavy atom. The molecular weight excluding hydrogens is 320 g/mol. The first kappa shape index (κ1) is 18.1. The Morgan fingerprint density at radius 1 is 1.12 bits per heavy atom. The highest BCUT2D eigenvalue weighted by molar-refractivity contribution is 7.99. The van der Waals surface area contributed by atoms with E-state index < -0.39 is 0 Å². The molecule has 134 valence electrons. The van der Waals surface area contributed by atoms with Gasteiger partial charge in [0.15, 0.2) is 0 Å². The van der Waals surface area contributed by atoms with Crippen molar-refractivity contribution in [2.24, 2.45) is 5.73 Å². The smallest absolute Gasteiger partial charge is 0.119 e. The Balaban J connectivity index is 1.45. The van der Waals surface area contributed by atoms with Crippen LogP contribution in [0.1, 0.15) is 24.8 Å². The third-order valence-electron chi connectivity index (χ3n) is 5.30. The minimum atomic E-state index is 0.0864. The predicted octanol–water partition coefficient (Wildman–Crippen LogP) is 2.51. The molecule has 2 aliphatic heterocycles. The van der Waals surface area contributed by atoms with Crippen molar-refractivity contribution in [3.8, 4) is 5.75 Å². The molecule has 5 heteroatoms. The summed E-state index contributed by atoms with van der Waals surface area (Å²) in [4.78, 5) is 2.54. The molecule has 0 unspecified atom stereocenters. The number of ether oxygens (including phenoxy) is 2. The van der Waals surface area contributed by atoms with E-state index in [4.69, 9.17) is 15.2 Å². The fourth-order valence-electron chi connectivity index (χ4n) is 3.58. The molecule has 4 nitrogen and oxygen atoms in total. The van der Waals surface area contributed by atoms with Gasteiger partial charge in [-0.05, 0) is 37.0 Å². The molecule has 0 aromatic heterocycles. The number of thioether (sulfide) groups is 1. The van der Waals surface area contributed by atoms with E-state index in [9.17, 15) is 0 Å². The van der Waals surface area contributed by atoms with Gasteiger partial charge in [-0.2, -0.15) is 11.8 Å². The number of nitrogens with two attached hydrogens (primary N) is 1. The molecule has 2 saturated heterocycles. The van der Waals surface area contributed by atoms with Crippen LogP contribution < -0.4 is 10.5 Å². The van der Waals surface area contributed by atoms with Gasteiger partial charge in [0, 0.05) is 56.3 Å². The number of hydrogen-bond acceptors (Lipinski definition) is 5. The van der Waals surface area contributed by atoms with Crippen molar-refractivity contribution in [3.63, 3.8) is 0 Å². The van der Waals surface area contributed by atoms with Crippen LogP contribution in [0.15, 0.2) is 24.3 Å². The van der Waals surface area contributed by atoms with Crippen molar-refractivity contribution in [2.75, 3.05) is 57.5 Å². The zero-order chi connectivity index (χ0) is 16.7. The average molecular weight is 351 g/mol. The average Bonchev–Trinajstić information content (AvgIpc) is 2.67. The van der Waals surface area contributed by atoms with Gasteiger partial charge in [-0.25, -0.2) is 0 Å². The maximum atomic E-state index is 6.08. The molecule has 2 aliphatic rings. The molecule has 2 heterocycles. The van der Waals surface area contributed by atoms with Crippen molar-refractivity contribution in [1.29, 1.82) is 0 Å². The minimum Gasteiger partial charge on any atom is -0.494 e. The van der Waals surface area contributed by atoms with Gasteiger partial charge in [0.1, 0.15) is 5.75 Å². The summed E-state index contributed by atoms with van der Waals surface area (Å²) in [6.07, 6.45) is 3.12. The van der Waals surface area contributed by atoms with Crippen LogP contribution in [-0.2, 0) is 10.2 Å².